The van der Waals surface area contributed by atoms with Gasteiger partial charge < -0.3 is 14.6 Å². The van der Waals surface area contributed by atoms with Gasteiger partial charge >= 0.3 is 0 Å². The van der Waals surface area contributed by atoms with Crippen molar-refractivity contribution in [3.63, 3.8) is 0 Å². The lowest BCUT2D eigenvalue weighted by atomic mass is 10.1. The second kappa shape index (κ2) is 7.11. The van der Waals surface area contributed by atoms with Crippen LogP contribution in [-0.2, 0) is 18.3 Å². The minimum atomic E-state index is -0.426. The van der Waals surface area contributed by atoms with Crippen LogP contribution in [0.15, 0.2) is 36.5 Å². The van der Waals surface area contributed by atoms with Gasteiger partial charge in [-0.2, -0.15) is 0 Å². The summed E-state index contributed by atoms with van der Waals surface area (Å²) in [5.74, 6) is -0.277. The Bertz CT molecular complexity index is 652. The first kappa shape index (κ1) is 16.1. The first-order valence-corrected chi connectivity index (χ1v) is 7.24. The fourth-order valence-electron chi connectivity index (χ4n) is 2.35. The van der Waals surface area contributed by atoms with Crippen LogP contribution in [0.4, 0.5) is 4.39 Å². The highest BCUT2D eigenvalue weighted by Gasteiger charge is 2.12. The average Bonchev–Trinajstić information content (AvgIpc) is 2.90. The van der Waals surface area contributed by atoms with Crippen LogP contribution in [0.1, 0.15) is 30.6 Å². The lowest BCUT2D eigenvalue weighted by molar-refractivity contribution is -0.121. The summed E-state index contributed by atoms with van der Waals surface area (Å²) in [5.41, 5.74) is 1.82. The summed E-state index contributed by atoms with van der Waals surface area (Å²) >= 11 is 0. The third-order valence-electron chi connectivity index (χ3n) is 3.71. The number of methoxy groups -OCH3 is 1. The molecule has 0 bridgehead atoms. The molecule has 0 aliphatic carbocycles. The molecule has 1 aromatic carbocycles. The van der Waals surface area contributed by atoms with Crippen LogP contribution in [0.3, 0.4) is 0 Å². The molecule has 118 valence electrons. The molecule has 22 heavy (non-hydrogen) atoms. The van der Waals surface area contributed by atoms with Crippen molar-refractivity contribution in [2.24, 2.45) is 7.05 Å². The number of ether oxygens (including phenoxy) is 1. The van der Waals surface area contributed by atoms with Crippen molar-refractivity contribution >= 4 is 5.91 Å². The van der Waals surface area contributed by atoms with E-state index in [0.717, 1.165) is 5.69 Å². The van der Waals surface area contributed by atoms with Crippen LogP contribution in [0.25, 0.3) is 0 Å². The summed E-state index contributed by atoms with van der Waals surface area (Å²) in [6, 6.07) is 8.41. The molecule has 0 fully saturated rings. The molecule has 2 rings (SSSR count). The van der Waals surface area contributed by atoms with E-state index in [9.17, 15) is 9.18 Å². The van der Waals surface area contributed by atoms with Crippen LogP contribution in [-0.4, -0.2) is 17.6 Å². The van der Waals surface area contributed by atoms with Gasteiger partial charge in [-0.1, -0.05) is 6.07 Å². The normalized spacial score (nSPS) is 12.0. The van der Waals surface area contributed by atoms with Crippen LogP contribution in [0.2, 0.25) is 0 Å². The Hall–Kier alpha value is -2.30. The Labute approximate surface area is 129 Å². The van der Waals surface area contributed by atoms with E-state index in [1.54, 1.807) is 12.1 Å². The quantitative estimate of drug-likeness (QED) is 0.891. The fourth-order valence-corrected chi connectivity index (χ4v) is 2.35. The van der Waals surface area contributed by atoms with E-state index >= 15 is 0 Å². The number of halogens is 1. The zero-order valence-electron chi connectivity index (χ0n) is 13.1. The summed E-state index contributed by atoms with van der Waals surface area (Å²) in [5, 5.41) is 2.89. The summed E-state index contributed by atoms with van der Waals surface area (Å²) in [7, 11) is 3.38. The number of rotatable bonds is 6. The van der Waals surface area contributed by atoms with Crippen molar-refractivity contribution < 1.29 is 13.9 Å². The van der Waals surface area contributed by atoms with Crippen LogP contribution in [0, 0.1) is 5.82 Å². The second-order valence-corrected chi connectivity index (χ2v) is 5.29. The van der Waals surface area contributed by atoms with Gasteiger partial charge in [0.05, 0.1) is 13.2 Å². The van der Waals surface area contributed by atoms with Gasteiger partial charge in [0.25, 0.3) is 0 Å². The smallest absolute Gasteiger partial charge is 0.220 e. The predicted molar refractivity (Wildman–Crippen MR) is 83.2 cm³/mol. The maximum absolute atomic E-state index is 13.7. The number of carbonyl (C=O) groups excluding carboxylic acids is 1. The van der Waals surface area contributed by atoms with Crippen molar-refractivity contribution in [2.75, 3.05) is 7.11 Å². The van der Waals surface area contributed by atoms with Crippen molar-refractivity contribution in [3.8, 4) is 5.75 Å². The molecule has 0 unspecified atom stereocenters. The summed E-state index contributed by atoms with van der Waals surface area (Å²) in [6.45, 7) is 1.83. The van der Waals surface area contributed by atoms with E-state index in [1.807, 2.05) is 36.9 Å². The third kappa shape index (κ3) is 3.87. The van der Waals surface area contributed by atoms with Gasteiger partial charge in [-0.25, -0.2) is 4.39 Å². The Morgan fingerprint density at radius 3 is 2.77 bits per heavy atom. The highest BCUT2D eigenvalue weighted by molar-refractivity contribution is 5.76. The van der Waals surface area contributed by atoms with Gasteiger partial charge in [0.15, 0.2) is 11.6 Å². The van der Waals surface area contributed by atoms with E-state index in [0.29, 0.717) is 18.4 Å². The fraction of sp³-hybridized carbons (Fsp3) is 0.353. The maximum atomic E-state index is 13.7. The highest BCUT2D eigenvalue weighted by Crippen LogP contribution is 2.21. The number of aryl methyl sites for hydroxylation is 2. The van der Waals surface area contributed by atoms with Gasteiger partial charge in [0.1, 0.15) is 0 Å². The number of carbonyl (C=O) groups is 1. The van der Waals surface area contributed by atoms with E-state index in [-0.39, 0.29) is 17.7 Å². The predicted octanol–water partition coefficient (Wildman–Crippen LogP) is 2.98. The lowest BCUT2D eigenvalue weighted by Crippen LogP contribution is -2.27. The first-order valence-electron chi connectivity index (χ1n) is 7.24. The van der Waals surface area contributed by atoms with Crippen LogP contribution in [0.5, 0.6) is 5.75 Å². The van der Waals surface area contributed by atoms with Gasteiger partial charge in [0.2, 0.25) is 5.91 Å². The van der Waals surface area contributed by atoms with E-state index in [4.69, 9.17) is 4.74 Å². The summed E-state index contributed by atoms with van der Waals surface area (Å²) < 4.78 is 20.6. The molecule has 0 radical (unpaired) electrons. The zero-order valence-corrected chi connectivity index (χ0v) is 13.1. The van der Waals surface area contributed by atoms with Gasteiger partial charge in [-0.15, -0.1) is 0 Å². The van der Waals surface area contributed by atoms with Crippen molar-refractivity contribution in [3.05, 3.63) is 53.6 Å². The standard InChI is InChI=1S/C17H21FN2O2/c1-12(13-6-8-16(22-3)15(18)11-13)19-17(21)9-7-14-5-4-10-20(14)2/h4-6,8,10-12H,7,9H2,1-3H3,(H,19,21)/t12-/m1/s1. The van der Waals surface area contributed by atoms with E-state index in [2.05, 4.69) is 5.32 Å². The third-order valence-corrected chi connectivity index (χ3v) is 3.71. The lowest BCUT2D eigenvalue weighted by Gasteiger charge is -2.15. The molecule has 0 saturated heterocycles. The highest BCUT2D eigenvalue weighted by atomic mass is 19.1. The minimum absolute atomic E-state index is 0.0510. The van der Waals surface area contributed by atoms with E-state index < -0.39 is 5.82 Å². The number of amides is 1. The second-order valence-electron chi connectivity index (χ2n) is 5.29. The molecular weight excluding hydrogens is 283 g/mol. The Morgan fingerprint density at radius 1 is 1.41 bits per heavy atom. The zero-order chi connectivity index (χ0) is 16.1. The van der Waals surface area contributed by atoms with Crippen molar-refractivity contribution in [1.29, 1.82) is 0 Å². The molecule has 1 amide bonds. The number of benzene rings is 1. The molecule has 0 aliphatic rings. The number of hydrogen-bond acceptors (Lipinski definition) is 2. The molecule has 1 heterocycles. The number of nitrogens with zero attached hydrogens (tertiary/aromatic N) is 1. The first-order chi connectivity index (χ1) is 10.5. The SMILES string of the molecule is COc1ccc([C@@H](C)NC(=O)CCc2cccn2C)cc1F. The van der Waals surface area contributed by atoms with Gasteiger partial charge in [-0.05, 0) is 43.2 Å². The molecule has 0 spiro atoms. The molecular formula is C17H21FN2O2. The molecule has 1 aromatic heterocycles. The molecule has 0 aliphatic heterocycles. The molecule has 5 heteroatoms. The minimum Gasteiger partial charge on any atom is -0.494 e. The average molecular weight is 304 g/mol. The van der Waals surface area contributed by atoms with Crippen molar-refractivity contribution in [1.82, 2.24) is 9.88 Å². The topological polar surface area (TPSA) is 43.3 Å². The summed E-state index contributed by atoms with van der Waals surface area (Å²) in [6.07, 6.45) is 3.04. The van der Waals surface area contributed by atoms with Crippen molar-refractivity contribution in [2.45, 2.75) is 25.8 Å². The number of aromatic nitrogens is 1. The maximum Gasteiger partial charge on any atom is 0.220 e. The van der Waals surface area contributed by atoms with Gasteiger partial charge in [-0.3, -0.25) is 4.79 Å². The van der Waals surface area contributed by atoms with Gasteiger partial charge in [0, 0.05) is 25.4 Å². The van der Waals surface area contributed by atoms with Crippen LogP contribution >= 0.6 is 0 Å². The molecule has 1 atom stereocenters. The largest absolute Gasteiger partial charge is 0.494 e. The summed E-state index contributed by atoms with van der Waals surface area (Å²) in [4.78, 5) is 12.0. The molecule has 2 aromatic rings. The molecule has 4 nitrogen and oxygen atoms in total. The number of nitrogens with one attached hydrogen (secondary N) is 1. The Morgan fingerprint density at radius 2 is 2.18 bits per heavy atom. The Kier molecular flexibility index (Phi) is 5.20. The molecule has 1 N–H and O–H groups in total. The molecule has 0 saturated carbocycles. The van der Waals surface area contributed by atoms with Crippen LogP contribution < -0.4 is 10.1 Å². The Balaban J connectivity index is 1.91. The number of hydrogen-bond donors (Lipinski definition) is 1. The van der Waals surface area contributed by atoms with E-state index in [1.165, 1.54) is 13.2 Å². The monoisotopic (exact) mass is 304 g/mol.